The summed E-state index contributed by atoms with van der Waals surface area (Å²) in [5.74, 6) is 0.941. The number of hydrogen-bond acceptors (Lipinski definition) is 4. The molecule has 0 atom stereocenters. The number of aliphatic imine (C=N–C) groups is 1. The van der Waals surface area contributed by atoms with Gasteiger partial charge in [-0.3, -0.25) is 4.90 Å². The molecule has 2 saturated heterocycles. The molecule has 2 fully saturated rings. The Kier molecular flexibility index (Phi) is 8.77. The van der Waals surface area contributed by atoms with Crippen LogP contribution in [0.3, 0.4) is 0 Å². The molecule has 0 amide bonds. The second-order valence-electron chi connectivity index (χ2n) is 8.40. The molecular weight excluding hydrogens is 362 g/mol. The number of likely N-dealkylation sites (tertiary alicyclic amines) is 1. The van der Waals surface area contributed by atoms with Crippen LogP contribution in [0.2, 0.25) is 0 Å². The van der Waals surface area contributed by atoms with Crippen molar-refractivity contribution in [2.45, 2.75) is 58.8 Å². The lowest BCUT2D eigenvalue weighted by molar-refractivity contribution is 0.0341. The van der Waals surface area contributed by atoms with Crippen molar-refractivity contribution >= 4 is 5.96 Å². The molecule has 0 saturated carbocycles. The highest BCUT2D eigenvalue weighted by Gasteiger charge is 2.21. The van der Waals surface area contributed by atoms with Crippen molar-refractivity contribution in [3.8, 4) is 0 Å². The summed E-state index contributed by atoms with van der Waals surface area (Å²) in [6.07, 6.45) is 2.35. The van der Waals surface area contributed by atoms with E-state index < -0.39 is 0 Å². The van der Waals surface area contributed by atoms with Crippen LogP contribution in [0.5, 0.6) is 0 Å². The third-order valence-corrected chi connectivity index (χ3v) is 5.97. The average Bonchev–Trinajstić information content (AvgIpc) is 2.74. The van der Waals surface area contributed by atoms with Crippen LogP contribution in [0, 0.1) is 0 Å². The minimum Gasteiger partial charge on any atom is -0.379 e. The Morgan fingerprint density at radius 2 is 1.79 bits per heavy atom. The van der Waals surface area contributed by atoms with E-state index >= 15 is 0 Å². The van der Waals surface area contributed by atoms with Crippen LogP contribution in [0.15, 0.2) is 29.3 Å². The second-order valence-corrected chi connectivity index (χ2v) is 8.40. The van der Waals surface area contributed by atoms with Gasteiger partial charge in [0.1, 0.15) is 0 Å². The Morgan fingerprint density at radius 1 is 1.10 bits per heavy atom. The lowest BCUT2D eigenvalue weighted by Crippen LogP contribution is -2.49. The van der Waals surface area contributed by atoms with Gasteiger partial charge in [0, 0.05) is 51.4 Å². The number of guanidine groups is 1. The summed E-state index contributed by atoms with van der Waals surface area (Å²) < 4.78 is 5.48. The summed E-state index contributed by atoms with van der Waals surface area (Å²) in [7, 11) is 0. The molecule has 0 aliphatic carbocycles. The minimum atomic E-state index is 0.506. The molecule has 2 N–H and O–H groups in total. The number of nitrogens with zero attached hydrogens (tertiary/aromatic N) is 3. The predicted octanol–water partition coefficient (Wildman–Crippen LogP) is 2.45. The molecular formula is C23H39N5O. The Morgan fingerprint density at radius 3 is 2.45 bits per heavy atom. The molecule has 6 nitrogen and oxygen atoms in total. The van der Waals surface area contributed by atoms with Crippen molar-refractivity contribution in [3.05, 3.63) is 35.4 Å². The standard InChI is InChI=1S/C23H39N5O/c1-4-24-23(26-22-9-11-28(12-10-22)19(2)3)25-17-20-7-5-6-8-21(20)18-27-13-15-29-16-14-27/h5-8,19,22H,4,9-18H2,1-3H3,(H2,24,25,26). The van der Waals surface area contributed by atoms with E-state index in [1.807, 2.05) is 0 Å². The van der Waals surface area contributed by atoms with Crippen molar-refractivity contribution < 1.29 is 4.74 Å². The van der Waals surface area contributed by atoms with Crippen LogP contribution in [0.1, 0.15) is 44.7 Å². The zero-order valence-corrected chi connectivity index (χ0v) is 18.5. The zero-order valence-electron chi connectivity index (χ0n) is 18.5. The molecule has 3 rings (SSSR count). The molecule has 1 aromatic carbocycles. The summed E-state index contributed by atoms with van der Waals surface area (Å²) in [5, 5.41) is 7.11. The number of piperidine rings is 1. The van der Waals surface area contributed by atoms with Gasteiger partial charge in [0.25, 0.3) is 0 Å². The summed E-state index contributed by atoms with van der Waals surface area (Å²) >= 11 is 0. The highest BCUT2D eigenvalue weighted by atomic mass is 16.5. The number of morpholine rings is 1. The fraction of sp³-hybridized carbons (Fsp3) is 0.696. The SMILES string of the molecule is CCNC(=NCc1ccccc1CN1CCOCC1)NC1CCN(C(C)C)CC1. The van der Waals surface area contributed by atoms with Crippen LogP contribution in [-0.4, -0.2) is 73.8 Å². The van der Waals surface area contributed by atoms with E-state index in [0.29, 0.717) is 18.6 Å². The average molecular weight is 402 g/mol. The van der Waals surface area contributed by atoms with Gasteiger partial charge in [-0.25, -0.2) is 4.99 Å². The molecule has 6 heteroatoms. The van der Waals surface area contributed by atoms with Crippen LogP contribution >= 0.6 is 0 Å². The highest BCUT2D eigenvalue weighted by Crippen LogP contribution is 2.15. The molecule has 2 heterocycles. The fourth-order valence-electron chi connectivity index (χ4n) is 4.10. The Balaban J connectivity index is 1.58. The summed E-state index contributed by atoms with van der Waals surface area (Å²) in [6, 6.07) is 9.85. The molecule has 162 valence electrons. The second kappa shape index (κ2) is 11.5. The quantitative estimate of drug-likeness (QED) is 0.543. The zero-order chi connectivity index (χ0) is 20.5. The van der Waals surface area contributed by atoms with Crippen molar-refractivity contribution in [1.82, 2.24) is 20.4 Å². The van der Waals surface area contributed by atoms with Crippen LogP contribution in [0.4, 0.5) is 0 Å². The topological polar surface area (TPSA) is 52.1 Å². The number of nitrogens with one attached hydrogen (secondary N) is 2. The van der Waals surface area contributed by atoms with Crippen molar-refractivity contribution in [2.24, 2.45) is 4.99 Å². The van der Waals surface area contributed by atoms with Crippen LogP contribution < -0.4 is 10.6 Å². The molecule has 0 spiro atoms. The Labute approximate surface area is 176 Å². The van der Waals surface area contributed by atoms with Gasteiger partial charge >= 0.3 is 0 Å². The lowest BCUT2D eigenvalue weighted by atomic mass is 10.0. The summed E-state index contributed by atoms with van der Waals surface area (Å²) in [4.78, 5) is 9.95. The van der Waals surface area contributed by atoms with Gasteiger partial charge in [-0.1, -0.05) is 24.3 Å². The fourth-order valence-corrected chi connectivity index (χ4v) is 4.10. The maximum Gasteiger partial charge on any atom is 0.191 e. The van der Waals surface area contributed by atoms with Crippen molar-refractivity contribution in [3.63, 3.8) is 0 Å². The van der Waals surface area contributed by atoms with E-state index in [-0.39, 0.29) is 0 Å². The number of rotatable bonds is 7. The van der Waals surface area contributed by atoms with E-state index in [1.54, 1.807) is 0 Å². The van der Waals surface area contributed by atoms with Gasteiger partial charge in [0.2, 0.25) is 0 Å². The smallest absolute Gasteiger partial charge is 0.191 e. The van der Waals surface area contributed by atoms with E-state index in [1.165, 1.54) is 24.0 Å². The van der Waals surface area contributed by atoms with Crippen LogP contribution in [-0.2, 0) is 17.8 Å². The maximum absolute atomic E-state index is 5.48. The van der Waals surface area contributed by atoms with Crippen molar-refractivity contribution in [2.75, 3.05) is 45.9 Å². The monoisotopic (exact) mass is 401 g/mol. The lowest BCUT2D eigenvalue weighted by Gasteiger charge is -2.35. The van der Waals surface area contributed by atoms with Crippen molar-refractivity contribution in [1.29, 1.82) is 0 Å². The summed E-state index contributed by atoms with van der Waals surface area (Å²) in [6.45, 7) is 15.3. The first-order valence-electron chi connectivity index (χ1n) is 11.3. The molecule has 2 aliphatic rings. The van der Waals surface area contributed by atoms with E-state index in [9.17, 15) is 0 Å². The van der Waals surface area contributed by atoms with Crippen LogP contribution in [0.25, 0.3) is 0 Å². The van der Waals surface area contributed by atoms with Gasteiger partial charge in [-0.2, -0.15) is 0 Å². The normalized spacial score (nSPS) is 20.2. The van der Waals surface area contributed by atoms with Gasteiger partial charge in [0.15, 0.2) is 5.96 Å². The Bertz CT molecular complexity index is 634. The van der Waals surface area contributed by atoms with Gasteiger partial charge in [-0.15, -0.1) is 0 Å². The number of benzene rings is 1. The number of hydrogen-bond donors (Lipinski definition) is 2. The van der Waals surface area contributed by atoms with Gasteiger partial charge in [0.05, 0.1) is 19.8 Å². The maximum atomic E-state index is 5.48. The van der Waals surface area contributed by atoms with E-state index in [4.69, 9.17) is 9.73 Å². The number of ether oxygens (including phenoxy) is 1. The predicted molar refractivity (Wildman–Crippen MR) is 120 cm³/mol. The largest absolute Gasteiger partial charge is 0.379 e. The molecule has 0 radical (unpaired) electrons. The first-order valence-corrected chi connectivity index (χ1v) is 11.3. The minimum absolute atomic E-state index is 0.506. The molecule has 29 heavy (non-hydrogen) atoms. The molecule has 0 bridgehead atoms. The Hall–Kier alpha value is -1.63. The molecule has 0 unspecified atom stereocenters. The highest BCUT2D eigenvalue weighted by molar-refractivity contribution is 5.80. The molecule has 1 aromatic rings. The third-order valence-electron chi connectivity index (χ3n) is 5.97. The summed E-state index contributed by atoms with van der Waals surface area (Å²) in [5.41, 5.74) is 2.69. The van der Waals surface area contributed by atoms with E-state index in [2.05, 4.69) is 65.5 Å². The third kappa shape index (κ3) is 6.98. The van der Waals surface area contributed by atoms with E-state index in [0.717, 1.165) is 58.4 Å². The first-order chi connectivity index (χ1) is 14.2. The first kappa shape index (κ1) is 22.1. The molecule has 0 aromatic heterocycles. The molecule has 2 aliphatic heterocycles. The van der Waals surface area contributed by atoms with Gasteiger partial charge < -0.3 is 20.3 Å². The van der Waals surface area contributed by atoms with Gasteiger partial charge in [-0.05, 0) is 44.7 Å².